The van der Waals surface area contributed by atoms with Crippen LogP contribution in [0.4, 0.5) is 5.82 Å². The minimum atomic E-state index is -0.597. The van der Waals surface area contributed by atoms with Gasteiger partial charge in [-0.2, -0.15) is 0 Å². The highest BCUT2D eigenvalue weighted by molar-refractivity contribution is 5.39. The van der Waals surface area contributed by atoms with Crippen molar-refractivity contribution >= 4 is 5.82 Å². The van der Waals surface area contributed by atoms with Gasteiger partial charge in [-0.05, 0) is 23.3 Å². The Labute approximate surface area is 93.8 Å². The molecule has 1 atom stereocenters. The van der Waals surface area contributed by atoms with Crippen molar-refractivity contribution in [2.75, 3.05) is 5.73 Å². The van der Waals surface area contributed by atoms with Crippen molar-refractivity contribution < 1.29 is 5.11 Å². The van der Waals surface area contributed by atoms with Gasteiger partial charge in [-0.25, -0.2) is 4.98 Å². The van der Waals surface area contributed by atoms with E-state index in [9.17, 15) is 5.11 Å². The van der Waals surface area contributed by atoms with Crippen LogP contribution in [0.5, 0.6) is 0 Å². The maximum atomic E-state index is 9.98. The van der Waals surface area contributed by atoms with Crippen molar-refractivity contribution in [3.63, 3.8) is 0 Å². The minimum absolute atomic E-state index is 0.450. The highest BCUT2D eigenvalue weighted by Crippen LogP contribution is 2.19. The van der Waals surface area contributed by atoms with Crippen LogP contribution in [-0.4, -0.2) is 15.1 Å². The first kappa shape index (κ1) is 10.6. The zero-order valence-corrected chi connectivity index (χ0v) is 8.74. The summed E-state index contributed by atoms with van der Waals surface area (Å²) in [6, 6.07) is 7.30. The van der Waals surface area contributed by atoms with Crippen LogP contribution in [0.2, 0.25) is 0 Å². The van der Waals surface area contributed by atoms with E-state index in [1.54, 1.807) is 24.7 Å². The Balaban J connectivity index is 2.14. The van der Waals surface area contributed by atoms with E-state index >= 15 is 0 Å². The molecule has 0 aliphatic rings. The first-order valence-corrected chi connectivity index (χ1v) is 5.04. The van der Waals surface area contributed by atoms with Crippen molar-refractivity contribution in [2.24, 2.45) is 0 Å². The number of nitrogens with two attached hydrogens (primary N) is 1. The van der Waals surface area contributed by atoms with Gasteiger partial charge in [0.2, 0.25) is 0 Å². The van der Waals surface area contributed by atoms with Crippen LogP contribution in [0, 0.1) is 0 Å². The lowest BCUT2D eigenvalue weighted by atomic mass is 10.0. The Morgan fingerprint density at radius 3 is 2.75 bits per heavy atom. The summed E-state index contributed by atoms with van der Waals surface area (Å²) in [5.41, 5.74) is 7.34. The monoisotopic (exact) mass is 215 g/mol. The van der Waals surface area contributed by atoms with Crippen molar-refractivity contribution in [3.8, 4) is 0 Å². The molecule has 0 saturated heterocycles. The Bertz CT molecular complexity index is 459. The first-order valence-electron chi connectivity index (χ1n) is 5.04. The fraction of sp³-hybridized carbons (Fsp3) is 0.167. The average molecular weight is 215 g/mol. The molecule has 0 aliphatic carbocycles. The third-order valence-corrected chi connectivity index (χ3v) is 2.41. The van der Waals surface area contributed by atoms with Crippen molar-refractivity contribution in [3.05, 3.63) is 54.0 Å². The number of aliphatic hydroxyl groups is 1. The number of rotatable bonds is 3. The van der Waals surface area contributed by atoms with Gasteiger partial charge >= 0.3 is 0 Å². The van der Waals surface area contributed by atoms with Crippen molar-refractivity contribution in [1.29, 1.82) is 0 Å². The van der Waals surface area contributed by atoms with Crippen LogP contribution >= 0.6 is 0 Å². The fourth-order valence-electron chi connectivity index (χ4n) is 1.52. The number of aliphatic hydroxyl groups excluding tert-OH is 1. The molecule has 2 aromatic heterocycles. The molecule has 2 aromatic rings. The molecule has 0 fully saturated rings. The van der Waals surface area contributed by atoms with Crippen LogP contribution in [0.1, 0.15) is 17.2 Å². The van der Waals surface area contributed by atoms with Crippen LogP contribution in [0.15, 0.2) is 42.9 Å². The van der Waals surface area contributed by atoms with Crippen LogP contribution < -0.4 is 5.73 Å². The Morgan fingerprint density at radius 1 is 1.25 bits per heavy atom. The molecule has 0 bridgehead atoms. The number of hydrogen-bond acceptors (Lipinski definition) is 4. The SMILES string of the molecule is Nc1ncccc1CC(O)c1cccnc1. The molecule has 4 heteroatoms. The second-order valence-corrected chi connectivity index (χ2v) is 3.55. The molecule has 1 unspecified atom stereocenters. The van der Waals surface area contributed by atoms with E-state index in [1.165, 1.54) is 0 Å². The van der Waals surface area contributed by atoms with Crippen LogP contribution in [0.25, 0.3) is 0 Å². The zero-order valence-electron chi connectivity index (χ0n) is 8.74. The molecule has 0 aromatic carbocycles. The Morgan fingerprint density at radius 2 is 2.06 bits per heavy atom. The molecule has 2 rings (SSSR count). The van der Waals surface area contributed by atoms with Crippen molar-refractivity contribution in [1.82, 2.24) is 9.97 Å². The molecule has 2 heterocycles. The van der Waals surface area contributed by atoms with Gasteiger partial charge in [0.15, 0.2) is 0 Å². The Kier molecular flexibility index (Phi) is 3.12. The molecule has 0 spiro atoms. The molecule has 0 radical (unpaired) electrons. The molecule has 82 valence electrons. The van der Waals surface area contributed by atoms with E-state index in [1.807, 2.05) is 18.2 Å². The second kappa shape index (κ2) is 4.72. The topological polar surface area (TPSA) is 72.0 Å². The fourth-order valence-corrected chi connectivity index (χ4v) is 1.52. The first-order chi connectivity index (χ1) is 7.77. The quantitative estimate of drug-likeness (QED) is 0.810. The average Bonchev–Trinajstić information content (AvgIpc) is 2.33. The summed E-state index contributed by atoms with van der Waals surface area (Å²) < 4.78 is 0. The minimum Gasteiger partial charge on any atom is -0.388 e. The van der Waals surface area contributed by atoms with E-state index < -0.39 is 6.10 Å². The predicted octanol–water partition coefficient (Wildman–Crippen LogP) is 1.33. The van der Waals surface area contributed by atoms with Crippen LogP contribution in [-0.2, 0) is 6.42 Å². The third kappa shape index (κ3) is 2.35. The summed E-state index contributed by atoms with van der Waals surface area (Å²) in [5, 5.41) is 9.98. The second-order valence-electron chi connectivity index (χ2n) is 3.55. The van der Waals surface area contributed by atoms with Gasteiger partial charge in [-0.3, -0.25) is 4.98 Å². The Hall–Kier alpha value is -1.94. The molecular weight excluding hydrogens is 202 g/mol. The largest absolute Gasteiger partial charge is 0.388 e. The summed E-state index contributed by atoms with van der Waals surface area (Å²) in [6.45, 7) is 0. The molecule has 0 saturated carbocycles. The van der Waals surface area contributed by atoms with E-state index in [0.717, 1.165) is 11.1 Å². The summed E-state index contributed by atoms with van der Waals surface area (Å²) in [6.07, 6.45) is 4.81. The summed E-state index contributed by atoms with van der Waals surface area (Å²) >= 11 is 0. The van der Waals surface area contributed by atoms with Crippen LogP contribution in [0.3, 0.4) is 0 Å². The smallest absolute Gasteiger partial charge is 0.126 e. The van der Waals surface area contributed by atoms with E-state index in [-0.39, 0.29) is 0 Å². The molecule has 0 amide bonds. The molecular formula is C12H13N3O. The van der Waals surface area contributed by atoms with Gasteiger partial charge in [-0.15, -0.1) is 0 Å². The maximum Gasteiger partial charge on any atom is 0.126 e. The van der Waals surface area contributed by atoms with Gasteiger partial charge in [-0.1, -0.05) is 12.1 Å². The maximum absolute atomic E-state index is 9.98. The lowest BCUT2D eigenvalue weighted by Crippen LogP contribution is -2.05. The number of nitrogen functional groups attached to an aromatic ring is 1. The normalized spacial score (nSPS) is 12.3. The lowest BCUT2D eigenvalue weighted by molar-refractivity contribution is 0.178. The molecule has 4 nitrogen and oxygen atoms in total. The summed E-state index contributed by atoms with van der Waals surface area (Å²) in [7, 11) is 0. The van der Waals surface area contributed by atoms with E-state index in [0.29, 0.717) is 12.2 Å². The van der Waals surface area contributed by atoms with Gasteiger partial charge in [0, 0.05) is 25.0 Å². The lowest BCUT2D eigenvalue weighted by Gasteiger charge is -2.11. The van der Waals surface area contributed by atoms with Gasteiger partial charge in [0.25, 0.3) is 0 Å². The number of pyridine rings is 2. The zero-order chi connectivity index (χ0) is 11.4. The van der Waals surface area contributed by atoms with Gasteiger partial charge in [0.05, 0.1) is 6.10 Å². The number of aromatic nitrogens is 2. The van der Waals surface area contributed by atoms with E-state index in [4.69, 9.17) is 5.73 Å². The number of anilines is 1. The highest BCUT2D eigenvalue weighted by atomic mass is 16.3. The standard InChI is InChI=1S/C12H13N3O/c13-12-9(3-2-6-15-12)7-11(16)10-4-1-5-14-8-10/h1-6,8,11,16H,7H2,(H2,13,15). The van der Waals surface area contributed by atoms with Crippen molar-refractivity contribution in [2.45, 2.75) is 12.5 Å². The van der Waals surface area contributed by atoms with Gasteiger partial charge in [0.1, 0.15) is 5.82 Å². The molecule has 3 N–H and O–H groups in total. The third-order valence-electron chi connectivity index (χ3n) is 2.41. The molecule has 16 heavy (non-hydrogen) atoms. The summed E-state index contributed by atoms with van der Waals surface area (Å²) in [4.78, 5) is 7.94. The van der Waals surface area contributed by atoms with E-state index in [2.05, 4.69) is 9.97 Å². The summed E-state index contributed by atoms with van der Waals surface area (Å²) in [5.74, 6) is 0.463. The molecule has 0 aliphatic heterocycles. The number of nitrogens with zero attached hydrogens (tertiary/aromatic N) is 2. The number of hydrogen-bond donors (Lipinski definition) is 2. The van der Waals surface area contributed by atoms with Gasteiger partial charge < -0.3 is 10.8 Å². The predicted molar refractivity (Wildman–Crippen MR) is 61.6 cm³/mol. The highest BCUT2D eigenvalue weighted by Gasteiger charge is 2.10.